The molecule has 4 unspecified atom stereocenters. The molecular formula is C23H24N4O8. The minimum absolute atomic E-state index is 0.0345. The third kappa shape index (κ3) is 5.98. The number of ether oxygens (including phenoxy) is 1. The number of hydrogen-bond acceptors (Lipinski definition) is 8. The van der Waals surface area contributed by atoms with Gasteiger partial charge in [0.1, 0.15) is 17.8 Å². The van der Waals surface area contributed by atoms with Crippen molar-refractivity contribution in [2.24, 2.45) is 10.9 Å². The van der Waals surface area contributed by atoms with Crippen molar-refractivity contribution in [2.45, 2.75) is 30.6 Å². The Hall–Kier alpha value is -4.32. The smallest absolute Gasteiger partial charge is 0.331 e. The second-order valence-corrected chi connectivity index (χ2v) is 7.86. The highest BCUT2D eigenvalue weighted by Crippen LogP contribution is 2.28. The lowest BCUT2D eigenvalue weighted by Gasteiger charge is -2.42. The first-order chi connectivity index (χ1) is 16.7. The quantitative estimate of drug-likeness (QED) is 0.250. The predicted octanol–water partition coefficient (Wildman–Crippen LogP) is 0.828. The van der Waals surface area contributed by atoms with Crippen LogP contribution in [0.3, 0.4) is 0 Å². The van der Waals surface area contributed by atoms with Gasteiger partial charge in [-0.25, -0.2) is 4.79 Å². The maximum absolute atomic E-state index is 12.6. The van der Waals surface area contributed by atoms with E-state index in [0.29, 0.717) is 11.3 Å². The molecule has 4 atom stereocenters. The molecule has 1 saturated heterocycles. The number of nitrogens with zero attached hydrogens (tertiary/aromatic N) is 2. The molecule has 184 valence electrons. The molecule has 5 N–H and O–H groups in total. The van der Waals surface area contributed by atoms with Crippen molar-refractivity contribution in [3.63, 3.8) is 0 Å². The monoisotopic (exact) mass is 484 g/mol. The summed E-state index contributed by atoms with van der Waals surface area (Å²) >= 11 is 0. The number of carbonyl (C=O) groups is 4. The van der Waals surface area contributed by atoms with Gasteiger partial charge >= 0.3 is 11.9 Å². The maximum Gasteiger partial charge on any atom is 0.331 e. The zero-order chi connectivity index (χ0) is 25.5. The van der Waals surface area contributed by atoms with Crippen LogP contribution in [0.25, 0.3) is 0 Å². The molecule has 35 heavy (non-hydrogen) atoms. The Morgan fingerprint density at radius 1 is 1.06 bits per heavy atom. The summed E-state index contributed by atoms with van der Waals surface area (Å²) in [6.07, 6.45) is 0.0947. The number of carboxylic acid groups (broad SMARTS) is 2. The van der Waals surface area contributed by atoms with Gasteiger partial charge in [-0.05, 0) is 23.3 Å². The number of rotatable bonds is 12. The van der Waals surface area contributed by atoms with Gasteiger partial charge in [-0.15, -0.1) is 4.91 Å². The first-order valence-corrected chi connectivity index (χ1v) is 10.6. The van der Waals surface area contributed by atoms with E-state index in [2.05, 4.69) is 10.5 Å². The second-order valence-electron chi connectivity index (χ2n) is 7.86. The van der Waals surface area contributed by atoms with Crippen LogP contribution in [0.2, 0.25) is 0 Å². The Bertz CT molecular complexity index is 1090. The van der Waals surface area contributed by atoms with E-state index >= 15 is 0 Å². The summed E-state index contributed by atoms with van der Waals surface area (Å²) in [5.41, 5.74) is 6.09. The molecule has 2 aromatic rings. The van der Waals surface area contributed by atoms with Crippen LogP contribution in [-0.2, 0) is 19.2 Å². The van der Waals surface area contributed by atoms with E-state index in [1.54, 1.807) is 30.3 Å². The van der Waals surface area contributed by atoms with Crippen LogP contribution < -0.4 is 15.8 Å². The Kier molecular flexibility index (Phi) is 8.10. The van der Waals surface area contributed by atoms with Gasteiger partial charge in [0.2, 0.25) is 5.91 Å². The molecule has 0 saturated carbocycles. The van der Waals surface area contributed by atoms with Gasteiger partial charge in [-0.3, -0.25) is 14.4 Å². The van der Waals surface area contributed by atoms with E-state index in [9.17, 15) is 29.2 Å². The van der Waals surface area contributed by atoms with Crippen LogP contribution in [0.4, 0.5) is 0 Å². The summed E-state index contributed by atoms with van der Waals surface area (Å²) < 4.78 is 5.40. The van der Waals surface area contributed by atoms with Crippen LogP contribution in [0.1, 0.15) is 29.6 Å². The first kappa shape index (κ1) is 25.3. The number of carbonyl (C=O) groups excluding carboxylic acids is 2. The SMILES string of the molecule is NC(CCOc1ccc(C(N=O)C(=O)NC2CN(C(C(=O)O)c3ccccc3)C2=O)cc1)C(=O)O. The van der Waals surface area contributed by atoms with Crippen molar-refractivity contribution < 1.29 is 34.1 Å². The fourth-order valence-electron chi connectivity index (χ4n) is 3.57. The van der Waals surface area contributed by atoms with Crippen LogP contribution in [-0.4, -0.2) is 64.1 Å². The zero-order valence-corrected chi connectivity index (χ0v) is 18.4. The maximum atomic E-state index is 12.6. The molecule has 0 bridgehead atoms. The van der Waals surface area contributed by atoms with Crippen LogP contribution >= 0.6 is 0 Å². The standard InChI is InChI=1S/C23H24N4O8/c24-16(22(30)31)10-11-35-15-8-6-13(7-9-15)18(26-34)20(28)25-17-12-27(21(17)29)19(23(32)33)14-4-2-1-3-5-14/h1-9,16-19H,10-12,24H2,(H,25,28)(H,30,31)(H,32,33). The molecule has 1 fully saturated rings. The van der Waals surface area contributed by atoms with E-state index in [1.165, 1.54) is 24.3 Å². The van der Waals surface area contributed by atoms with Gasteiger partial charge in [0, 0.05) is 6.42 Å². The first-order valence-electron chi connectivity index (χ1n) is 10.6. The van der Waals surface area contributed by atoms with Gasteiger partial charge in [-0.2, -0.15) is 0 Å². The fourth-order valence-corrected chi connectivity index (χ4v) is 3.57. The minimum Gasteiger partial charge on any atom is -0.494 e. The number of aliphatic carboxylic acids is 2. The fraction of sp³-hybridized carbons (Fsp3) is 0.304. The summed E-state index contributed by atoms with van der Waals surface area (Å²) in [7, 11) is 0. The molecule has 2 amide bonds. The summed E-state index contributed by atoms with van der Waals surface area (Å²) in [5, 5.41) is 23.6. The van der Waals surface area contributed by atoms with Gasteiger partial charge < -0.3 is 30.9 Å². The van der Waals surface area contributed by atoms with E-state index in [-0.39, 0.29) is 25.1 Å². The predicted molar refractivity (Wildman–Crippen MR) is 121 cm³/mol. The summed E-state index contributed by atoms with van der Waals surface area (Å²) in [4.78, 5) is 60.1. The van der Waals surface area contributed by atoms with E-state index in [0.717, 1.165) is 4.90 Å². The number of amides is 2. The summed E-state index contributed by atoms with van der Waals surface area (Å²) in [6, 6.07) is 9.47. The Balaban J connectivity index is 1.57. The van der Waals surface area contributed by atoms with Crippen molar-refractivity contribution in [2.75, 3.05) is 13.2 Å². The number of likely N-dealkylation sites (tertiary alicyclic amines) is 1. The van der Waals surface area contributed by atoms with Gasteiger partial charge in [0.15, 0.2) is 12.1 Å². The largest absolute Gasteiger partial charge is 0.494 e. The molecule has 1 aliphatic heterocycles. The number of carboxylic acids is 2. The lowest BCUT2D eigenvalue weighted by atomic mass is 9.97. The highest BCUT2D eigenvalue weighted by molar-refractivity contribution is 5.96. The molecule has 1 aliphatic rings. The molecule has 0 aromatic heterocycles. The van der Waals surface area contributed by atoms with Gasteiger partial charge in [0.05, 0.1) is 13.2 Å². The lowest BCUT2D eigenvalue weighted by Crippen LogP contribution is -2.65. The molecule has 3 rings (SSSR count). The minimum atomic E-state index is -1.43. The third-order valence-corrected chi connectivity index (χ3v) is 5.50. The van der Waals surface area contributed by atoms with Crippen molar-refractivity contribution in [3.05, 3.63) is 70.6 Å². The molecule has 1 heterocycles. The van der Waals surface area contributed by atoms with Gasteiger partial charge in [-0.1, -0.05) is 47.6 Å². The highest BCUT2D eigenvalue weighted by Gasteiger charge is 2.45. The highest BCUT2D eigenvalue weighted by atomic mass is 16.5. The zero-order valence-electron chi connectivity index (χ0n) is 18.4. The lowest BCUT2D eigenvalue weighted by molar-refractivity contribution is -0.160. The molecule has 12 nitrogen and oxygen atoms in total. The third-order valence-electron chi connectivity index (χ3n) is 5.50. The number of nitrogens with two attached hydrogens (primary N) is 1. The number of hydrogen-bond donors (Lipinski definition) is 4. The van der Waals surface area contributed by atoms with E-state index in [4.69, 9.17) is 15.6 Å². The van der Waals surface area contributed by atoms with Crippen molar-refractivity contribution in [1.29, 1.82) is 0 Å². The van der Waals surface area contributed by atoms with Gasteiger partial charge in [0.25, 0.3) is 5.91 Å². The van der Waals surface area contributed by atoms with Crippen molar-refractivity contribution >= 4 is 23.8 Å². The van der Waals surface area contributed by atoms with Crippen LogP contribution in [0, 0.1) is 4.91 Å². The van der Waals surface area contributed by atoms with Crippen molar-refractivity contribution in [1.82, 2.24) is 10.2 Å². The normalized spacial score (nSPS) is 17.5. The Morgan fingerprint density at radius 3 is 2.26 bits per heavy atom. The number of nitroso groups, excluding NO2 is 1. The topological polar surface area (TPSA) is 189 Å². The van der Waals surface area contributed by atoms with Crippen LogP contribution in [0.5, 0.6) is 5.75 Å². The number of benzene rings is 2. The summed E-state index contributed by atoms with van der Waals surface area (Å²) in [6.45, 7) is 0.0243. The van der Waals surface area contributed by atoms with Crippen LogP contribution in [0.15, 0.2) is 59.8 Å². The van der Waals surface area contributed by atoms with Crippen molar-refractivity contribution in [3.8, 4) is 5.75 Å². The molecule has 0 radical (unpaired) electrons. The molecule has 0 aliphatic carbocycles. The molecule has 12 heteroatoms. The Labute approximate surface area is 199 Å². The number of nitrogens with one attached hydrogen (secondary N) is 1. The number of β-lactam (4-membered cyclic amide) rings is 1. The average molecular weight is 484 g/mol. The summed E-state index contributed by atoms with van der Waals surface area (Å²) in [5.74, 6) is -3.34. The average Bonchev–Trinajstić information content (AvgIpc) is 2.84. The molecule has 2 aromatic carbocycles. The molecule has 0 spiro atoms. The van der Waals surface area contributed by atoms with E-state index in [1.807, 2.05) is 0 Å². The molecular weight excluding hydrogens is 460 g/mol. The Morgan fingerprint density at radius 2 is 1.71 bits per heavy atom. The second kappa shape index (κ2) is 11.2. The van der Waals surface area contributed by atoms with E-state index < -0.39 is 47.9 Å².